The molecule has 0 aromatic heterocycles. The van der Waals surface area contributed by atoms with Crippen LogP contribution in [0.1, 0.15) is 59.6 Å². The topological polar surface area (TPSA) is 0 Å². The van der Waals surface area contributed by atoms with E-state index in [1.165, 1.54) is 11.1 Å². The van der Waals surface area contributed by atoms with Gasteiger partial charge in [0.1, 0.15) is 0 Å². The molecule has 116 valence electrons. The fourth-order valence-electron chi connectivity index (χ4n) is 3.16. The van der Waals surface area contributed by atoms with Crippen molar-refractivity contribution in [2.24, 2.45) is 0 Å². The Hall–Kier alpha value is -0.260. The van der Waals surface area contributed by atoms with E-state index in [1.807, 2.05) is 0 Å². The minimum Gasteiger partial charge on any atom is -0.124 e. The molecular weight excluding hydrogens is 291 g/mol. The number of hydrogen-bond donors (Lipinski definition) is 0. The molecule has 0 nitrogen and oxygen atoms in total. The van der Waals surface area contributed by atoms with Crippen LogP contribution < -0.4 is 0 Å². The Morgan fingerprint density at radius 1 is 1.00 bits per heavy atom. The van der Waals surface area contributed by atoms with Gasteiger partial charge in [-0.05, 0) is 32.7 Å². The van der Waals surface area contributed by atoms with Gasteiger partial charge in [0.2, 0.25) is 0 Å². The monoisotopic (exact) mass is 320 g/mol. The Kier molecular flexibility index (Phi) is 5.27. The van der Waals surface area contributed by atoms with Gasteiger partial charge in [-0.2, -0.15) is 0 Å². The predicted molar refractivity (Wildman–Crippen MR) is 102 cm³/mol. The molecule has 0 spiro atoms. The zero-order valence-electron chi connectivity index (χ0n) is 14.5. The van der Waals surface area contributed by atoms with Crippen molar-refractivity contribution < 1.29 is 0 Å². The van der Waals surface area contributed by atoms with E-state index >= 15 is 0 Å². The molecule has 0 aliphatic heterocycles. The predicted octanol–water partition coefficient (Wildman–Crippen LogP) is 6.74. The van der Waals surface area contributed by atoms with Crippen LogP contribution in [0.25, 0.3) is 5.31 Å². The van der Waals surface area contributed by atoms with Crippen LogP contribution in [-0.4, -0.2) is 16.1 Å². The van der Waals surface area contributed by atoms with Gasteiger partial charge >= 0.3 is 0 Å². The lowest BCUT2D eigenvalue weighted by Crippen LogP contribution is -2.09. The summed E-state index contributed by atoms with van der Waals surface area (Å²) in [4.78, 5) is 1.64. The summed E-state index contributed by atoms with van der Waals surface area (Å²) in [5.41, 5.74) is 4.57. The number of benzene rings is 1. The fourth-order valence-corrected chi connectivity index (χ4v) is 7.88. The minimum atomic E-state index is -0.0999. The van der Waals surface area contributed by atoms with Crippen molar-refractivity contribution in [1.29, 1.82) is 0 Å². The fraction of sp³-hybridized carbons (Fsp3) is 0.579. The van der Waals surface area contributed by atoms with Gasteiger partial charge in [-0.1, -0.05) is 80.7 Å². The molecule has 0 unspecified atom stereocenters. The maximum Gasteiger partial charge on any atom is 0.0119 e. The summed E-state index contributed by atoms with van der Waals surface area (Å²) in [6.45, 7) is 16.6. The first kappa shape index (κ1) is 17.1. The first-order valence-corrected chi connectivity index (χ1v) is 10.3. The molecule has 0 amide bonds. The standard InChI is InChI=1S/C19H29PS/c1-13(2)20(14(3)4)18-16-11-9-8-10-15(16)12-17(18)21-19(5,6)7/h8-11,13-14H,12H2,1-7H3. The van der Waals surface area contributed by atoms with Gasteiger partial charge in [-0.15, -0.1) is 11.8 Å². The highest BCUT2D eigenvalue weighted by Crippen LogP contribution is 2.63. The highest BCUT2D eigenvalue weighted by Gasteiger charge is 2.32. The lowest BCUT2D eigenvalue weighted by atomic mass is 10.1. The molecule has 0 saturated carbocycles. The summed E-state index contributed by atoms with van der Waals surface area (Å²) in [6, 6.07) is 9.06. The first-order valence-electron chi connectivity index (χ1n) is 7.99. The van der Waals surface area contributed by atoms with Crippen molar-refractivity contribution >= 4 is 25.0 Å². The van der Waals surface area contributed by atoms with Crippen molar-refractivity contribution in [2.45, 2.75) is 71.0 Å². The zero-order chi connectivity index (χ0) is 15.8. The molecule has 0 saturated heterocycles. The molecule has 0 radical (unpaired) electrons. The molecule has 1 aliphatic carbocycles. The molecule has 1 aromatic carbocycles. The SMILES string of the molecule is CC(C)P(C1=C(SC(C)(C)C)Cc2ccccc21)C(C)C. The summed E-state index contributed by atoms with van der Waals surface area (Å²) >= 11 is 2.09. The third-order valence-electron chi connectivity index (χ3n) is 3.69. The van der Waals surface area contributed by atoms with Crippen LogP contribution in [0.2, 0.25) is 0 Å². The van der Waals surface area contributed by atoms with E-state index in [-0.39, 0.29) is 12.7 Å². The van der Waals surface area contributed by atoms with Crippen LogP contribution in [0.15, 0.2) is 29.2 Å². The maximum atomic E-state index is 2.40. The van der Waals surface area contributed by atoms with Crippen LogP contribution in [0.4, 0.5) is 0 Å². The Morgan fingerprint density at radius 2 is 1.57 bits per heavy atom. The number of fused-ring (bicyclic) bond motifs is 1. The maximum absolute atomic E-state index is 2.40. The number of allylic oxidation sites excluding steroid dienone is 1. The molecule has 2 heteroatoms. The van der Waals surface area contributed by atoms with Crippen molar-refractivity contribution in [3.63, 3.8) is 0 Å². The van der Waals surface area contributed by atoms with E-state index in [4.69, 9.17) is 0 Å². The summed E-state index contributed by atoms with van der Waals surface area (Å²) < 4.78 is 0.289. The molecular formula is C19H29PS. The van der Waals surface area contributed by atoms with Crippen LogP contribution in [0.5, 0.6) is 0 Å². The third kappa shape index (κ3) is 3.93. The highest BCUT2D eigenvalue weighted by atomic mass is 32.2. The summed E-state index contributed by atoms with van der Waals surface area (Å²) in [7, 11) is -0.0999. The molecule has 0 fully saturated rings. The second-order valence-electron chi connectivity index (χ2n) is 7.41. The summed E-state index contributed by atoms with van der Waals surface area (Å²) in [5.74, 6) is 0. The van der Waals surface area contributed by atoms with Gasteiger partial charge in [0.05, 0.1) is 0 Å². The van der Waals surface area contributed by atoms with Gasteiger partial charge in [0.15, 0.2) is 0 Å². The molecule has 0 bridgehead atoms. The molecule has 0 heterocycles. The van der Waals surface area contributed by atoms with Gasteiger partial charge in [0, 0.05) is 11.2 Å². The average molecular weight is 320 g/mol. The van der Waals surface area contributed by atoms with Crippen LogP contribution in [0, 0.1) is 0 Å². The van der Waals surface area contributed by atoms with Gasteiger partial charge < -0.3 is 0 Å². The van der Waals surface area contributed by atoms with E-state index in [9.17, 15) is 0 Å². The van der Waals surface area contributed by atoms with Crippen LogP contribution >= 0.6 is 19.7 Å². The smallest absolute Gasteiger partial charge is 0.0119 e. The number of hydrogen-bond acceptors (Lipinski definition) is 1. The lowest BCUT2D eigenvalue weighted by Gasteiger charge is -2.30. The van der Waals surface area contributed by atoms with Crippen molar-refractivity contribution in [3.05, 3.63) is 40.3 Å². The normalized spacial score (nSPS) is 15.5. The minimum absolute atomic E-state index is 0.0999. The summed E-state index contributed by atoms with van der Waals surface area (Å²) in [5, 5.41) is 1.70. The largest absolute Gasteiger partial charge is 0.124 e. The number of rotatable bonds is 4. The van der Waals surface area contributed by atoms with Crippen molar-refractivity contribution in [1.82, 2.24) is 0 Å². The van der Waals surface area contributed by atoms with Crippen molar-refractivity contribution in [3.8, 4) is 0 Å². The van der Waals surface area contributed by atoms with Crippen molar-refractivity contribution in [2.75, 3.05) is 0 Å². The first-order chi connectivity index (χ1) is 9.70. The molecule has 1 aromatic rings. The second kappa shape index (κ2) is 6.47. The molecule has 2 rings (SSSR count). The van der Waals surface area contributed by atoms with Gasteiger partial charge in [-0.3, -0.25) is 0 Å². The summed E-state index contributed by atoms with van der Waals surface area (Å²) in [6.07, 6.45) is 1.14. The number of thioether (sulfide) groups is 1. The van der Waals surface area contributed by atoms with Gasteiger partial charge in [0.25, 0.3) is 0 Å². The molecule has 21 heavy (non-hydrogen) atoms. The van der Waals surface area contributed by atoms with E-state index in [0.29, 0.717) is 0 Å². The second-order valence-corrected chi connectivity index (χ2v) is 12.7. The Balaban J connectivity index is 2.52. The average Bonchev–Trinajstić information content (AvgIpc) is 2.65. The lowest BCUT2D eigenvalue weighted by molar-refractivity contribution is 0.805. The van der Waals surface area contributed by atoms with E-state index in [1.54, 1.807) is 10.2 Å². The van der Waals surface area contributed by atoms with Gasteiger partial charge in [-0.25, -0.2) is 0 Å². The quantitative estimate of drug-likeness (QED) is 0.553. The zero-order valence-corrected chi connectivity index (χ0v) is 16.2. The van der Waals surface area contributed by atoms with E-state index < -0.39 is 0 Å². The molecule has 1 aliphatic rings. The Morgan fingerprint density at radius 3 is 2.10 bits per heavy atom. The van der Waals surface area contributed by atoms with Crippen LogP contribution in [-0.2, 0) is 6.42 Å². The highest BCUT2D eigenvalue weighted by molar-refractivity contribution is 8.05. The molecule has 0 N–H and O–H groups in total. The molecule has 0 atom stereocenters. The Bertz CT molecular complexity index is 527. The van der Waals surface area contributed by atoms with Crippen LogP contribution in [0.3, 0.4) is 0 Å². The third-order valence-corrected chi connectivity index (χ3v) is 8.30. The van der Waals surface area contributed by atoms with E-state index in [0.717, 1.165) is 17.7 Å². The Labute approximate surface area is 136 Å². The van der Waals surface area contributed by atoms with E-state index in [2.05, 4.69) is 84.5 Å².